The number of anilines is 2. The lowest BCUT2D eigenvalue weighted by Crippen LogP contribution is -2.20. The van der Waals surface area contributed by atoms with Crippen molar-refractivity contribution in [2.45, 2.75) is 25.7 Å². The van der Waals surface area contributed by atoms with Crippen LogP contribution in [0.15, 0.2) is 71.6 Å². The molecule has 0 aliphatic rings. The number of rotatable bonds is 7. The molecule has 0 radical (unpaired) electrons. The fourth-order valence-electron chi connectivity index (χ4n) is 2.94. The number of aryl methyl sites for hydroxylation is 3. The molecule has 0 bridgehead atoms. The molecule has 2 N–H and O–H groups in total. The predicted octanol–water partition coefficient (Wildman–Crippen LogP) is 4.43. The first kappa shape index (κ1) is 21.4. The smallest absolute Gasteiger partial charge is 0.262 e. The van der Waals surface area contributed by atoms with Crippen molar-refractivity contribution in [3.8, 4) is 5.75 Å². The van der Waals surface area contributed by atoms with Gasteiger partial charge in [0.05, 0.1) is 10.6 Å². The highest BCUT2D eigenvalue weighted by atomic mass is 32.2. The van der Waals surface area contributed by atoms with Gasteiger partial charge in [-0.2, -0.15) is 0 Å². The van der Waals surface area contributed by atoms with Gasteiger partial charge in [0.15, 0.2) is 6.61 Å². The van der Waals surface area contributed by atoms with Crippen molar-refractivity contribution < 1.29 is 17.9 Å². The molecule has 30 heavy (non-hydrogen) atoms. The molecule has 3 aromatic rings. The van der Waals surface area contributed by atoms with Gasteiger partial charge >= 0.3 is 0 Å². The second kappa shape index (κ2) is 9.00. The van der Waals surface area contributed by atoms with E-state index >= 15 is 0 Å². The van der Waals surface area contributed by atoms with Gasteiger partial charge in [0.1, 0.15) is 5.75 Å². The molecule has 0 aromatic heterocycles. The first-order chi connectivity index (χ1) is 14.2. The van der Waals surface area contributed by atoms with Crippen molar-refractivity contribution in [1.29, 1.82) is 0 Å². The Balaban J connectivity index is 1.63. The fraction of sp³-hybridized carbons (Fsp3) is 0.174. The summed E-state index contributed by atoms with van der Waals surface area (Å²) in [6, 6.07) is 19.0. The third-order valence-electron chi connectivity index (χ3n) is 4.53. The summed E-state index contributed by atoms with van der Waals surface area (Å²) < 4.78 is 33.5. The summed E-state index contributed by atoms with van der Waals surface area (Å²) in [5.74, 6) is 0.282. The van der Waals surface area contributed by atoms with Crippen LogP contribution < -0.4 is 14.8 Å². The summed E-state index contributed by atoms with van der Waals surface area (Å²) in [5, 5.41) is 2.69. The van der Waals surface area contributed by atoms with Gasteiger partial charge in [-0.15, -0.1) is 0 Å². The van der Waals surface area contributed by atoms with Gasteiger partial charge in [-0.3, -0.25) is 9.52 Å². The number of hydrogen-bond donors (Lipinski definition) is 2. The van der Waals surface area contributed by atoms with Crippen LogP contribution in [-0.2, 0) is 14.8 Å². The van der Waals surface area contributed by atoms with Crippen molar-refractivity contribution >= 4 is 27.3 Å². The Hall–Kier alpha value is -3.32. The lowest BCUT2D eigenvalue weighted by Gasteiger charge is -2.13. The topological polar surface area (TPSA) is 84.5 Å². The summed E-state index contributed by atoms with van der Waals surface area (Å²) >= 11 is 0. The van der Waals surface area contributed by atoms with E-state index in [-0.39, 0.29) is 17.4 Å². The normalized spacial score (nSPS) is 11.0. The van der Waals surface area contributed by atoms with Crippen molar-refractivity contribution in [2.75, 3.05) is 16.6 Å². The van der Waals surface area contributed by atoms with Gasteiger partial charge in [-0.25, -0.2) is 8.42 Å². The monoisotopic (exact) mass is 424 g/mol. The molecule has 0 saturated heterocycles. The highest BCUT2D eigenvalue weighted by molar-refractivity contribution is 7.92. The maximum atomic E-state index is 12.7. The molecule has 0 atom stereocenters. The van der Waals surface area contributed by atoms with Crippen LogP contribution in [-0.4, -0.2) is 20.9 Å². The van der Waals surface area contributed by atoms with Crippen LogP contribution in [0.5, 0.6) is 5.75 Å². The molecule has 156 valence electrons. The predicted molar refractivity (Wildman–Crippen MR) is 118 cm³/mol. The first-order valence-electron chi connectivity index (χ1n) is 9.43. The maximum absolute atomic E-state index is 12.7. The van der Waals surface area contributed by atoms with Crippen LogP contribution in [0.2, 0.25) is 0 Å². The molecule has 6 nitrogen and oxygen atoms in total. The zero-order chi connectivity index (χ0) is 21.7. The Morgan fingerprint density at radius 1 is 0.900 bits per heavy atom. The third-order valence-corrected chi connectivity index (χ3v) is 5.89. The molecule has 7 heteroatoms. The van der Waals surface area contributed by atoms with Crippen LogP contribution in [0.4, 0.5) is 11.4 Å². The van der Waals surface area contributed by atoms with Gasteiger partial charge in [-0.05, 0) is 73.9 Å². The molecule has 3 rings (SSSR count). The molecular weight excluding hydrogens is 400 g/mol. The highest BCUT2D eigenvalue weighted by Gasteiger charge is 2.16. The van der Waals surface area contributed by atoms with Crippen LogP contribution in [0.3, 0.4) is 0 Å². The Bertz CT molecular complexity index is 1140. The lowest BCUT2D eigenvalue weighted by atomic mass is 10.1. The van der Waals surface area contributed by atoms with E-state index in [0.717, 1.165) is 16.7 Å². The van der Waals surface area contributed by atoms with Gasteiger partial charge in [0, 0.05) is 5.69 Å². The number of ether oxygens (including phenoxy) is 1. The van der Waals surface area contributed by atoms with E-state index in [0.29, 0.717) is 17.1 Å². The van der Waals surface area contributed by atoms with Crippen molar-refractivity contribution in [3.05, 3.63) is 83.4 Å². The third kappa shape index (κ3) is 5.39. The van der Waals surface area contributed by atoms with Crippen LogP contribution in [0.25, 0.3) is 0 Å². The van der Waals surface area contributed by atoms with Crippen molar-refractivity contribution in [2.24, 2.45) is 0 Å². The molecular formula is C23H24N2O4S. The van der Waals surface area contributed by atoms with E-state index in [9.17, 15) is 13.2 Å². The number of carbonyl (C=O) groups excluding carboxylic acids is 1. The van der Waals surface area contributed by atoms with E-state index in [1.165, 1.54) is 12.1 Å². The minimum atomic E-state index is -3.74. The SMILES string of the molecule is Cc1cccc(OCC(=O)Nc2ccc(S(=O)(=O)Nc3c(C)cccc3C)cc2)c1. The van der Waals surface area contributed by atoms with Crippen LogP contribution >= 0.6 is 0 Å². The molecule has 0 aliphatic carbocycles. The first-order valence-corrected chi connectivity index (χ1v) is 10.9. The summed E-state index contributed by atoms with van der Waals surface area (Å²) in [5.41, 5.74) is 3.79. The summed E-state index contributed by atoms with van der Waals surface area (Å²) in [6.45, 7) is 5.50. The average molecular weight is 425 g/mol. The number of carbonyl (C=O) groups is 1. The lowest BCUT2D eigenvalue weighted by molar-refractivity contribution is -0.118. The summed E-state index contributed by atoms with van der Waals surface area (Å²) in [7, 11) is -3.74. The van der Waals surface area contributed by atoms with Crippen molar-refractivity contribution in [1.82, 2.24) is 0 Å². The molecule has 1 amide bonds. The molecule has 0 heterocycles. The molecule has 0 saturated carbocycles. The average Bonchev–Trinajstić information content (AvgIpc) is 2.70. The van der Waals surface area contributed by atoms with Gasteiger partial charge < -0.3 is 10.1 Å². The molecule has 0 aliphatic heterocycles. The Morgan fingerprint density at radius 3 is 2.17 bits per heavy atom. The second-order valence-corrected chi connectivity index (χ2v) is 8.73. The molecule has 0 spiro atoms. The van der Waals surface area contributed by atoms with E-state index in [4.69, 9.17) is 4.74 Å². The van der Waals surface area contributed by atoms with E-state index < -0.39 is 10.0 Å². The number of para-hydroxylation sites is 1. The fourth-order valence-corrected chi connectivity index (χ4v) is 4.14. The maximum Gasteiger partial charge on any atom is 0.262 e. The quantitative estimate of drug-likeness (QED) is 0.588. The standard InChI is InChI=1S/C23H24N2O4S/c1-16-6-4-9-20(14-16)29-15-22(26)24-19-10-12-21(13-11-19)30(27,28)25-23-17(2)7-5-8-18(23)3/h4-14,25H,15H2,1-3H3,(H,24,26). The summed E-state index contributed by atoms with van der Waals surface area (Å²) in [6.07, 6.45) is 0. The molecule has 0 unspecified atom stereocenters. The molecule has 0 fully saturated rings. The van der Waals surface area contributed by atoms with E-state index in [1.807, 2.05) is 57.2 Å². The summed E-state index contributed by atoms with van der Waals surface area (Å²) in [4.78, 5) is 12.2. The van der Waals surface area contributed by atoms with E-state index in [2.05, 4.69) is 10.0 Å². The minimum absolute atomic E-state index is 0.110. The van der Waals surface area contributed by atoms with Crippen LogP contribution in [0.1, 0.15) is 16.7 Å². The number of amides is 1. The van der Waals surface area contributed by atoms with Gasteiger partial charge in [0.25, 0.3) is 15.9 Å². The number of sulfonamides is 1. The van der Waals surface area contributed by atoms with Gasteiger partial charge in [0.2, 0.25) is 0 Å². The van der Waals surface area contributed by atoms with E-state index in [1.54, 1.807) is 18.2 Å². The Labute approximate surface area is 177 Å². The van der Waals surface area contributed by atoms with Crippen LogP contribution in [0, 0.1) is 20.8 Å². The zero-order valence-electron chi connectivity index (χ0n) is 17.1. The number of benzene rings is 3. The second-order valence-electron chi connectivity index (χ2n) is 7.05. The number of hydrogen-bond acceptors (Lipinski definition) is 4. The minimum Gasteiger partial charge on any atom is -0.484 e. The van der Waals surface area contributed by atoms with Crippen molar-refractivity contribution in [3.63, 3.8) is 0 Å². The Kier molecular flexibility index (Phi) is 6.42. The number of nitrogens with one attached hydrogen (secondary N) is 2. The Morgan fingerprint density at radius 2 is 1.53 bits per heavy atom. The molecule has 3 aromatic carbocycles. The van der Waals surface area contributed by atoms with Gasteiger partial charge in [-0.1, -0.05) is 30.3 Å². The largest absolute Gasteiger partial charge is 0.484 e. The highest BCUT2D eigenvalue weighted by Crippen LogP contribution is 2.24. The zero-order valence-corrected chi connectivity index (χ0v) is 17.9.